The van der Waals surface area contributed by atoms with Crippen molar-refractivity contribution in [3.05, 3.63) is 59.9 Å². The average molecular weight is 366 g/mol. The molecular weight excluding hydrogens is 340 g/mol. The van der Waals surface area contributed by atoms with Gasteiger partial charge in [-0.15, -0.1) is 0 Å². The van der Waals surface area contributed by atoms with Crippen molar-refractivity contribution in [1.82, 2.24) is 14.8 Å². The third kappa shape index (κ3) is 4.64. The second kappa shape index (κ2) is 8.66. The van der Waals surface area contributed by atoms with Gasteiger partial charge in [-0.2, -0.15) is 0 Å². The SMILES string of the molecule is CC(C)N(Cc1ccccc1)c1ccnc(C(=O)N2CCN(C=O)CC2)c1. The van der Waals surface area contributed by atoms with E-state index in [0.29, 0.717) is 31.9 Å². The Bertz CT molecular complexity index is 771. The lowest BCUT2D eigenvalue weighted by molar-refractivity contribution is -0.119. The molecule has 1 aliphatic heterocycles. The topological polar surface area (TPSA) is 56.8 Å². The van der Waals surface area contributed by atoms with Crippen LogP contribution in [0.5, 0.6) is 0 Å². The molecule has 6 heteroatoms. The predicted molar refractivity (Wildman–Crippen MR) is 106 cm³/mol. The van der Waals surface area contributed by atoms with Gasteiger partial charge >= 0.3 is 0 Å². The zero-order valence-corrected chi connectivity index (χ0v) is 15.9. The molecule has 3 rings (SSSR count). The minimum Gasteiger partial charge on any atom is -0.365 e. The first-order chi connectivity index (χ1) is 13.1. The van der Waals surface area contributed by atoms with Gasteiger partial charge in [0.25, 0.3) is 5.91 Å². The minimum atomic E-state index is -0.0779. The molecule has 1 saturated heterocycles. The maximum atomic E-state index is 12.8. The molecule has 2 amide bonds. The fraction of sp³-hybridized carbons (Fsp3) is 0.381. The maximum Gasteiger partial charge on any atom is 0.272 e. The normalized spacial score (nSPS) is 14.3. The van der Waals surface area contributed by atoms with Gasteiger partial charge in [0, 0.05) is 50.6 Å². The number of pyridine rings is 1. The van der Waals surface area contributed by atoms with Crippen molar-refractivity contribution in [1.29, 1.82) is 0 Å². The van der Waals surface area contributed by atoms with Crippen molar-refractivity contribution in [2.45, 2.75) is 26.4 Å². The van der Waals surface area contributed by atoms with Gasteiger partial charge in [0.05, 0.1) is 0 Å². The molecule has 0 saturated carbocycles. The maximum absolute atomic E-state index is 12.8. The largest absolute Gasteiger partial charge is 0.365 e. The number of carbonyl (C=O) groups excluding carboxylic acids is 2. The van der Waals surface area contributed by atoms with Crippen LogP contribution in [-0.4, -0.2) is 59.3 Å². The quantitative estimate of drug-likeness (QED) is 0.737. The van der Waals surface area contributed by atoms with E-state index in [1.165, 1.54) is 5.56 Å². The van der Waals surface area contributed by atoms with Crippen LogP contribution in [0.3, 0.4) is 0 Å². The fourth-order valence-electron chi connectivity index (χ4n) is 3.26. The number of hydrogen-bond acceptors (Lipinski definition) is 4. The van der Waals surface area contributed by atoms with Crippen molar-refractivity contribution in [3.8, 4) is 0 Å². The van der Waals surface area contributed by atoms with Crippen LogP contribution in [0.15, 0.2) is 48.7 Å². The highest BCUT2D eigenvalue weighted by Gasteiger charge is 2.23. The standard InChI is InChI=1S/C21H26N4O2/c1-17(2)25(15-18-6-4-3-5-7-18)19-8-9-22-20(14-19)21(27)24-12-10-23(16-26)11-13-24/h3-9,14,16-17H,10-13,15H2,1-2H3. The van der Waals surface area contributed by atoms with Gasteiger partial charge < -0.3 is 14.7 Å². The molecule has 1 aliphatic rings. The molecule has 0 unspecified atom stereocenters. The van der Waals surface area contributed by atoms with Crippen LogP contribution in [-0.2, 0) is 11.3 Å². The molecule has 0 bridgehead atoms. The lowest BCUT2D eigenvalue weighted by atomic mass is 10.1. The lowest BCUT2D eigenvalue weighted by Gasteiger charge is -2.33. The summed E-state index contributed by atoms with van der Waals surface area (Å²) in [6.07, 6.45) is 2.54. The van der Waals surface area contributed by atoms with E-state index in [2.05, 4.69) is 35.9 Å². The van der Waals surface area contributed by atoms with Crippen LogP contribution in [0.1, 0.15) is 29.9 Å². The number of rotatable bonds is 6. The van der Waals surface area contributed by atoms with Crippen LogP contribution in [0.25, 0.3) is 0 Å². The molecule has 0 spiro atoms. The van der Waals surface area contributed by atoms with Gasteiger partial charge in [0.15, 0.2) is 0 Å². The molecule has 6 nitrogen and oxygen atoms in total. The summed E-state index contributed by atoms with van der Waals surface area (Å²) in [4.78, 5) is 33.7. The molecule has 2 heterocycles. The Kier molecular flexibility index (Phi) is 6.06. The Hall–Kier alpha value is -2.89. The van der Waals surface area contributed by atoms with Gasteiger partial charge in [-0.05, 0) is 31.5 Å². The molecule has 0 aliphatic carbocycles. The van der Waals surface area contributed by atoms with Crippen molar-refractivity contribution < 1.29 is 9.59 Å². The lowest BCUT2D eigenvalue weighted by Crippen LogP contribution is -2.48. The first kappa shape index (κ1) is 18.9. The molecular formula is C21H26N4O2. The summed E-state index contributed by atoms with van der Waals surface area (Å²) in [5, 5.41) is 0. The molecule has 27 heavy (non-hydrogen) atoms. The first-order valence-corrected chi connectivity index (χ1v) is 9.33. The highest BCUT2D eigenvalue weighted by Crippen LogP contribution is 2.21. The number of benzene rings is 1. The molecule has 0 radical (unpaired) electrons. The first-order valence-electron chi connectivity index (χ1n) is 9.33. The van der Waals surface area contributed by atoms with E-state index in [-0.39, 0.29) is 11.9 Å². The van der Waals surface area contributed by atoms with Crippen LogP contribution in [0.4, 0.5) is 5.69 Å². The monoisotopic (exact) mass is 366 g/mol. The van der Waals surface area contributed by atoms with E-state index >= 15 is 0 Å². The number of carbonyl (C=O) groups is 2. The molecule has 0 atom stereocenters. The zero-order valence-electron chi connectivity index (χ0n) is 15.9. The van der Waals surface area contributed by atoms with Crippen molar-refractivity contribution >= 4 is 18.0 Å². The van der Waals surface area contributed by atoms with Gasteiger partial charge in [-0.1, -0.05) is 30.3 Å². The van der Waals surface area contributed by atoms with E-state index in [1.807, 2.05) is 30.3 Å². The van der Waals surface area contributed by atoms with Crippen LogP contribution in [0.2, 0.25) is 0 Å². The Morgan fingerprint density at radius 2 is 1.85 bits per heavy atom. The summed E-state index contributed by atoms with van der Waals surface area (Å²) in [6.45, 7) is 7.28. The highest BCUT2D eigenvalue weighted by atomic mass is 16.2. The van der Waals surface area contributed by atoms with Gasteiger partial charge in [-0.3, -0.25) is 14.6 Å². The molecule has 1 fully saturated rings. The van der Waals surface area contributed by atoms with E-state index < -0.39 is 0 Å². The summed E-state index contributed by atoms with van der Waals surface area (Å²) in [6, 6.07) is 14.4. The van der Waals surface area contributed by atoms with E-state index in [4.69, 9.17) is 0 Å². The summed E-state index contributed by atoms with van der Waals surface area (Å²) >= 11 is 0. The smallest absolute Gasteiger partial charge is 0.272 e. The van der Waals surface area contributed by atoms with Crippen molar-refractivity contribution in [3.63, 3.8) is 0 Å². The molecule has 142 valence electrons. The Morgan fingerprint density at radius 3 is 2.48 bits per heavy atom. The number of nitrogens with zero attached hydrogens (tertiary/aromatic N) is 4. The highest BCUT2D eigenvalue weighted by molar-refractivity contribution is 5.93. The van der Waals surface area contributed by atoms with E-state index in [9.17, 15) is 9.59 Å². The average Bonchev–Trinajstić information content (AvgIpc) is 2.72. The van der Waals surface area contributed by atoms with Gasteiger partial charge in [0.2, 0.25) is 6.41 Å². The number of piperazine rings is 1. The van der Waals surface area contributed by atoms with Crippen LogP contribution in [0, 0.1) is 0 Å². The predicted octanol–water partition coefficient (Wildman–Crippen LogP) is 2.41. The fourth-order valence-corrected chi connectivity index (χ4v) is 3.26. The summed E-state index contributed by atoms with van der Waals surface area (Å²) in [5.74, 6) is -0.0779. The van der Waals surface area contributed by atoms with Gasteiger partial charge in [0.1, 0.15) is 5.69 Å². The third-order valence-electron chi connectivity index (χ3n) is 4.86. The third-order valence-corrected chi connectivity index (χ3v) is 4.86. The summed E-state index contributed by atoms with van der Waals surface area (Å²) in [7, 11) is 0. The van der Waals surface area contributed by atoms with Crippen molar-refractivity contribution in [2.24, 2.45) is 0 Å². The Labute approximate surface area is 160 Å². The van der Waals surface area contributed by atoms with Gasteiger partial charge in [-0.25, -0.2) is 0 Å². The van der Waals surface area contributed by atoms with Crippen LogP contribution < -0.4 is 4.90 Å². The number of amides is 2. The summed E-state index contributed by atoms with van der Waals surface area (Å²) in [5.41, 5.74) is 2.66. The zero-order chi connectivity index (χ0) is 19.2. The molecule has 1 aromatic carbocycles. The number of hydrogen-bond donors (Lipinski definition) is 0. The Morgan fingerprint density at radius 1 is 1.15 bits per heavy atom. The van der Waals surface area contributed by atoms with E-state index in [0.717, 1.165) is 18.6 Å². The van der Waals surface area contributed by atoms with Crippen LogP contribution >= 0.6 is 0 Å². The van der Waals surface area contributed by atoms with Crippen molar-refractivity contribution in [2.75, 3.05) is 31.1 Å². The number of aromatic nitrogens is 1. The Balaban J connectivity index is 1.77. The second-order valence-electron chi connectivity index (χ2n) is 7.04. The summed E-state index contributed by atoms with van der Waals surface area (Å²) < 4.78 is 0. The van der Waals surface area contributed by atoms with E-state index in [1.54, 1.807) is 16.0 Å². The molecule has 0 N–H and O–H groups in total. The second-order valence-corrected chi connectivity index (χ2v) is 7.04. The number of anilines is 1. The molecule has 1 aromatic heterocycles. The molecule has 2 aromatic rings. The minimum absolute atomic E-state index is 0.0779.